The van der Waals surface area contributed by atoms with Gasteiger partial charge in [-0.25, -0.2) is 4.39 Å². The second kappa shape index (κ2) is 6.90. The van der Waals surface area contributed by atoms with Gasteiger partial charge in [0.25, 0.3) is 0 Å². The summed E-state index contributed by atoms with van der Waals surface area (Å²) >= 11 is 9.14. The molecule has 20 heavy (non-hydrogen) atoms. The van der Waals surface area contributed by atoms with E-state index in [2.05, 4.69) is 42.0 Å². The van der Waals surface area contributed by atoms with Crippen molar-refractivity contribution in [1.29, 1.82) is 0 Å². The minimum Gasteiger partial charge on any atom is -0.324 e. The van der Waals surface area contributed by atoms with Gasteiger partial charge in [0.15, 0.2) is 0 Å². The fourth-order valence-corrected chi connectivity index (χ4v) is 3.18. The number of carbonyl (C=O) groups is 1. The molecule has 1 unspecified atom stereocenters. The number of anilines is 1. The van der Waals surface area contributed by atoms with Crippen molar-refractivity contribution in [3.63, 3.8) is 0 Å². The van der Waals surface area contributed by atoms with Crippen LogP contribution in [0.1, 0.15) is 40.5 Å². The molecular weight excluding hydrogens is 345 g/mol. The van der Waals surface area contributed by atoms with Gasteiger partial charge >= 0.3 is 0 Å². The van der Waals surface area contributed by atoms with Crippen molar-refractivity contribution >= 4 is 39.1 Å². The Kier molecular flexibility index (Phi) is 6.02. The molecule has 1 rings (SSSR count). The predicted octanol–water partition coefficient (Wildman–Crippen LogP) is 5.64. The van der Waals surface area contributed by atoms with Crippen LogP contribution in [0.3, 0.4) is 0 Å². The van der Waals surface area contributed by atoms with Crippen molar-refractivity contribution in [3.8, 4) is 0 Å². The Labute approximate surface area is 133 Å². The molecule has 0 saturated heterocycles. The summed E-state index contributed by atoms with van der Waals surface area (Å²) in [5.74, 6) is -0.287. The molecule has 0 aliphatic rings. The van der Waals surface area contributed by atoms with Gasteiger partial charge in [0.05, 0.1) is 10.7 Å². The highest BCUT2D eigenvalue weighted by Crippen LogP contribution is 2.32. The molecule has 1 amide bonds. The molecule has 0 bridgehead atoms. The lowest BCUT2D eigenvalue weighted by molar-refractivity contribution is -0.117. The fraction of sp³-hybridized carbons (Fsp3) is 0.533. The molecule has 112 valence electrons. The first-order valence-corrected chi connectivity index (χ1v) is 7.70. The number of hydrogen-bond acceptors (Lipinski definition) is 1. The summed E-state index contributed by atoms with van der Waals surface area (Å²) in [4.78, 5) is 12.0. The molecule has 0 spiro atoms. The van der Waals surface area contributed by atoms with Crippen LogP contribution < -0.4 is 5.32 Å². The van der Waals surface area contributed by atoms with Gasteiger partial charge in [0, 0.05) is 10.9 Å². The highest BCUT2D eigenvalue weighted by atomic mass is 79.9. The van der Waals surface area contributed by atoms with E-state index in [1.54, 1.807) is 0 Å². The number of amides is 1. The van der Waals surface area contributed by atoms with E-state index in [-0.39, 0.29) is 22.3 Å². The van der Waals surface area contributed by atoms with E-state index in [1.165, 1.54) is 12.1 Å². The van der Waals surface area contributed by atoms with Gasteiger partial charge in [0.2, 0.25) is 5.91 Å². The molecular formula is C15H20BrClFNO. The smallest absolute Gasteiger partial charge is 0.224 e. The molecule has 0 radical (unpaired) electrons. The second-order valence-electron chi connectivity index (χ2n) is 6.37. The zero-order valence-corrected chi connectivity index (χ0v) is 14.5. The van der Waals surface area contributed by atoms with E-state index in [4.69, 9.17) is 11.6 Å². The molecule has 5 heteroatoms. The minimum atomic E-state index is -0.444. The van der Waals surface area contributed by atoms with Crippen molar-refractivity contribution in [3.05, 3.63) is 27.4 Å². The van der Waals surface area contributed by atoms with Crippen LogP contribution in [0.25, 0.3) is 0 Å². The lowest BCUT2D eigenvalue weighted by Crippen LogP contribution is -2.19. The first-order chi connectivity index (χ1) is 9.08. The summed E-state index contributed by atoms with van der Waals surface area (Å²) in [5, 5.41) is 2.93. The molecule has 0 aliphatic heterocycles. The molecule has 1 atom stereocenters. The van der Waals surface area contributed by atoms with Crippen molar-refractivity contribution in [1.82, 2.24) is 0 Å². The Morgan fingerprint density at radius 3 is 2.55 bits per heavy atom. The Bertz CT molecular complexity index is 476. The van der Waals surface area contributed by atoms with E-state index < -0.39 is 5.82 Å². The summed E-state index contributed by atoms with van der Waals surface area (Å²) in [5.41, 5.74) is 0.606. The lowest BCUT2D eigenvalue weighted by Gasteiger charge is -2.23. The molecule has 1 aromatic rings. The Hall–Kier alpha value is -0.610. The highest BCUT2D eigenvalue weighted by molar-refractivity contribution is 9.10. The Morgan fingerprint density at radius 2 is 2.05 bits per heavy atom. The van der Waals surface area contributed by atoms with Gasteiger partial charge in [-0.05, 0) is 45.8 Å². The Morgan fingerprint density at radius 1 is 1.45 bits per heavy atom. The largest absolute Gasteiger partial charge is 0.324 e. The third kappa shape index (κ3) is 5.80. The average molecular weight is 365 g/mol. The van der Waals surface area contributed by atoms with Crippen LogP contribution in [0.2, 0.25) is 5.02 Å². The van der Waals surface area contributed by atoms with Crippen LogP contribution in [0.5, 0.6) is 0 Å². The van der Waals surface area contributed by atoms with Gasteiger partial charge in [-0.3, -0.25) is 4.79 Å². The molecule has 0 saturated carbocycles. The van der Waals surface area contributed by atoms with Crippen molar-refractivity contribution < 1.29 is 9.18 Å². The second-order valence-corrected chi connectivity index (χ2v) is 7.63. The molecule has 0 fully saturated rings. The quantitative estimate of drug-likeness (QED) is 0.735. The van der Waals surface area contributed by atoms with Crippen LogP contribution in [0.4, 0.5) is 10.1 Å². The summed E-state index contributed by atoms with van der Waals surface area (Å²) in [6, 6.07) is 2.46. The van der Waals surface area contributed by atoms with Crippen molar-refractivity contribution in [2.45, 2.75) is 40.5 Å². The maximum absolute atomic E-state index is 13.1. The standard InChI is InChI=1S/C15H20BrClFNO/c1-9(8-15(2,3)4)5-13(20)19-14-11(16)6-10(18)7-12(14)17/h6-7,9H,5,8H2,1-4H3,(H,19,20). The third-order valence-corrected chi connectivity index (χ3v) is 3.69. The number of halogens is 3. The number of carbonyl (C=O) groups excluding carboxylic acids is 1. The van der Waals surface area contributed by atoms with Gasteiger partial charge in [0.1, 0.15) is 5.82 Å². The first-order valence-electron chi connectivity index (χ1n) is 6.53. The van der Waals surface area contributed by atoms with Crippen LogP contribution in [-0.2, 0) is 4.79 Å². The number of nitrogens with one attached hydrogen (secondary N) is 1. The monoisotopic (exact) mass is 363 g/mol. The fourth-order valence-electron chi connectivity index (χ4n) is 2.29. The maximum atomic E-state index is 13.1. The highest BCUT2D eigenvalue weighted by Gasteiger charge is 2.19. The van der Waals surface area contributed by atoms with Crippen molar-refractivity contribution in [2.24, 2.45) is 11.3 Å². The summed E-state index contributed by atoms with van der Waals surface area (Å²) in [7, 11) is 0. The maximum Gasteiger partial charge on any atom is 0.224 e. The van der Waals surface area contributed by atoms with Gasteiger partial charge in [-0.2, -0.15) is 0 Å². The van der Waals surface area contributed by atoms with Gasteiger partial charge in [-0.15, -0.1) is 0 Å². The minimum absolute atomic E-state index is 0.115. The normalized spacial score (nSPS) is 13.2. The molecule has 0 aromatic heterocycles. The van der Waals surface area contributed by atoms with Gasteiger partial charge in [-0.1, -0.05) is 39.3 Å². The topological polar surface area (TPSA) is 29.1 Å². The van der Waals surface area contributed by atoms with Gasteiger partial charge < -0.3 is 5.32 Å². The van der Waals surface area contributed by atoms with Crippen LogP contribution in [0.15, 0.2) is 16.6 Å². The van der Waals surface area contributed by atoms with Crippen LogP contribution >= 0.6 is 27.5 Å². The van der Waals surface area contributed by atoms with Crippen molar-refractivity contribution in [2.75, 3.05) is 5.32 Å². The van der Waals surface area contributed by atoms with E-state index in [1.807, 2.05) is 6.92 Å². The molecule has 0 heterocycles. The molecule has 1 aromatic carbocycles. The zero-order chi connectivity index (χ0) is 15.5. The Balaban J connectivity index is 2.68. The third-order valence-electron chi connectivity index (χ3n) is 2.77. The molecule has 0 aliphatic carbocycles. The number of rotatable bonds is 4. The van der Waals surface area contributed by atoms with E-state index in [9.17, 15) is 9.18 Å². The molecule has 2 nitrogen and oxygen atoms in total. The summed E-state index contributed by atoms with van der Waals surface area (Å²) in [6.07, 6.45) is 1.37. The zero-order valence-electron chi connectivity index (χ0n) is 12.2. The molecule has 1 N–H and O–H groups in total. The first kappa shape index (κ1) is 17.4. The van der Waals surface area contributed by atoms with Crippen LogP contribution in [-0.4, -0.2) is 5.91 Å². The van der Waals surface area contributed by atoms with Crippen LogP contribution in [0, 0.1) is 17.2 Å². The number of benzene rings is 1. The summed E-state index contributed by atoms with van der Waals surface area (Å²) < 4.78 is 13.6. The lowest BCUT2D eigenvalue weighted by atomic mass is 9.84. The van der Waals surface area contributed by atoms with E-state index >= 15 is 0 Å². The predicted molar refractivity (Wildman–Crippen MR) is 85.6 cm³/mol. The SMILES string of the molecule is CC(CC(=O)Nc1c(Cl)cc(F)cc1Br)CC(C)(C)C. The summed E-state index contributed by atoms with van der Waals surface area (Å²) in [6.45, 7) is 8.49. The van der Waals surface area contributed by atoms with E-state index in [0.717, 1.165) is 6.42 Å². The average Bonchev–Trinajstić information content (AvgIpc) is 2.20. The van der Waals surface area contributed by atoms with E-state index in [0.29, 0.717) is 16.6 Å². The number of hydrogen-bond donors (Lipinski definition) is 1.